The summed E-state index contributed by atoms with van der Waals surface area (Å²) in [6.07, 6.45) is 4.86. The number of hydrogen-bond donors (Lipinski definition) is 0. The molecular weight excluding hydrogens is 208 g/mol. The first kappa shape index (κ1) is 11.4. The van der Waals surface area contributed by atoms with Crippen LogP contribution in [0.5, 0.6) is 0 Å². The van der Waals surface area contributed by atoms with Gasteiger partial charge in [-0.15, -0.1) is 0 Å². The summed E-state index contributed by atoms with van der Waals surface area (Å²) in [7, 11) is 2.11. The molecule has 0 N–H and O–H groups in total. The smallest absolute Gasteiger partial charge is 0.0465 e. The van der Waals surface area contributed by atoms with Gasteiger partial charge in [-0.25, -0.2) is 8.57 Å². The Morgan fingerprint density at radius 1 is 1.13 bits per heavy atom. The van der Waals surface area contributed by atoms with Gasteiger partial charge < -0.3 is 4.90 Å². The highest BCUT2D eigenvalue weighted by Gasteiger charge is 2.37. The normalized spacial score (nSPS) is 30.3. The van der Waals surface area contributed by atoms with E-state index in [4.69, 9.17) is 0 Å². The van der Waals surface area contributed by atoms with E-state index in [1.54, 1.807) is 7.05 Å². The van der Waals surface area contributed by atoms with E-state index in [1.807, 2.05) is 0 Å². The van der Waals surface area contributed by atoms with Crippen LogP contribution in [-0.2, 0) is 9.73 Å². The first-order chi connectivity index (χ1) is 7.08. The van der Waals surface area contributed by atoms with E-state index < -0.39 is 9.73 Å². The second kappa shape index (κ2) is 4.06. The molecule has 15 heavy (non-hydrogen) atoms. The van der Waals surface area contributed by atoms with Gasteiger partial charge in [0.1, 0.15) is 0 Å². The van der Waals surface area contributed by atoms with Gasteiger partial charge >= 0.3 is 0 Å². The van der Waals surface area contributed by atoms with Gasteiger partial charge in [0.05, 0.1) is 0 Å². The Labute approximate surface area is 93.4 Å². The molecule has 2 aliphatic heterocycles. The molecule has 2 rings (SSSR count). The summed E-state index contributed by atoms with van der Waals surface area (Å²) in [6.45, 7) is 2.43. The van der Waals surface area contributed by atoms with Crippen molar-refractivity contribution in [2.24, 2.45) is 9.78 Å². The van der Waals surface area contributed by atoms with Gasteiger partial charge in [-0.2, -0.15) is 0 Å². The van der Waals surface area contributed by atoms with Crippen LogP contribution in [0.15, 0.2) is 4.36 Å². The Morgan fingerprint density at radius 2 is 1.67 bits per heavy atom. The average Bonchev–Trinajstić information content (AvgIpc) is 2.27. The summed E-state index contributed by atoms with van der Waals surface area (Å²) in [5, 5.41) is 0. The number of piperidine rings is 1. The molecule has 2 saturated heterocycles. The number of rotatable bonds is 0. The minimum absolute atomic E-state index is 0.512. The van der Waals surface area contributed by atoms with Crippen molar-refractivity contribution in [3.8, 4) is 0 Å². The van der Waals surface area contributed by atoms with Crippen LogP contribution < -0.4 is 0 Å². The summed E-state index contributed by atoms with van der Waals surface area (Å²) >= 11 is 0. The van der Waals surface area contributed by atoms with Gasteiger partial charge in [0.25, 0.3) is 0 Å². The molecule has 3 nitrogen and oxygen atoms in total. The van der Waals surface area contributed by atoms with Crippen molar-refractivity contribution < 1.29 is 4.21 Å². The Morgan fingerprint density at radius 3 is 2.13 bits per heavy atom. The van der Waals surface area contributed by atoms with Crippen LogP contribution in [-0.4, -0.2) is 47.8 Å². The molecule has 4 heteroatoms. The van der Waals surface area contributed by atoms with E-state index in [2.05, 4.69) is 16.3 Å². The molecule has 0 aliphatic carbocycles. The largest absolute Gasteiger partial charge is 0.306 e. The van der Waals surface area contributed by atoms with E-state index in [1.165, 1.54) is 25.9 Å². The molecule has 0 radical (unpaired) electrons. The van der Waals surface area contributed by atoms with Crippen molar-refractivity contribution in [2.75, 3.05) is 38.7 Å². The predicted molar refractivity (Wildman–Crippen MR) is 64.6 cm³/mol. The van der Waals surface area contributed by atoms with Crippen LogP contribution in [0.25, 0.3) is 0 Å². The molecule has 0 bridgehead atoms. The van der Waals surface area contributed by atoms with Crippen LogP contribution in [0, 0.1) is 5.41 Å². The monoisotopic (exact) mass is 230 g/mol. The highest BCUT2D eigenvalue weighted by atomic mass is 32.2. The zero-order valence-electron chi connectivity index (χ0n) is 9.87. The van der Waals surface area contributed by atoms with Crippen LogP contribution in [0.2, 0.25) is 0 Å². The quantitative estimate of drug-likeness (QED) is 0.633. The lowest BCUT2D eigenvalue weighted by molar-refractivity contribution is 0.111. The number of likely N-dealkylation sites (tertiary alicyclic amines) is 1. The van der Waals surface area contributed by atoms with Crippen LogP contribution in [0.1, 0.15) is 25.7 Å². The van der Waals surface area contributed by atoms with Crippen molar-refractivity contribution in [1.29, 1.82) is 0 Å². The summed E-state index contributed by atoms with van der Waals surface area (Å²) in [5.74, 6) is 1.68. The van der Waals surface area contributed by atoms with Crippen molar-refractivity contribution in [3.05, 3.63) is 0 Å². The van der Waals surface area contributed by atoms with E-state index in [0.717, 1.165) is 24.3 Å². The Hall–Kier alpha value is -0.0900. The fourth-order valence-corrected chi connectivity index (χ4v) is 4.83. The molecule has 0 aromatic rings. The molecule has 0 saturated carbocycles. The molecule has 0 aromatic heterocycles. The van der Waals surface area contributed by atoms with Crippen molar-refractivity contribution >= 4 is 9.73 Å². The molecule has 2 heterocycles. The van der Waals surface area contributed by atoms with Crippen molar-refractivity contribution in [1.82, 2.24) is 4.90 Å². The summed E-state index contributed by atoms with van der Waals surface area (Å²) in [4.78, 5) is 2.40. The summed E-state index contributed by atoms with van der Waals surface area (Å²) in [5.41, 5.74) is 0.512. The minimum Gasteiger partial charge on any atom is -0.306 e. The zero-order valence-corrected chi connectivity index (χ0v) is 10.7. The Balaban J connectivity index is 2.01. The lowest BCUT2D eigenvalue weighted by atomic mass is 9.74. The fraction of sp³-hybridized carbons (Fsp3) is 1.00. The zero-order chi connectivity index (χ0) is 10.9. The van der Waals surface area contributed by atoms with Crippen molar-refractivity contribution in [2.45, 2.75) is 25.7 Å². The van der Waals surface area contributed by atoms with E-state index >= 15 is 0 Å². The van der Waals surface area contributed by atoms with Gasteiger partial charge in [-0.3, -0.25) is 0 Å². The minimum atomic E-state index is -1.81. The lowest BCUT2D eigenvalue weighted by Gasteiger charge is -2.43. The number of hydrogen-bond acceptors (Lipinski definition) is 3. The van der Waals surface area contributed by atoms with Crippen LogP contribution in [0.4, 0.5) is 0 Å². The second-order valence-electron chi connectivity index (χ2n) is 5.17. The van der Waals surface area contributed by atoms with Gasteiger partial charge in [0, 0.05) is 28.3 Å². The van der Waals surface area contributed by atoms with Gasteiger partial charge in [-0.1, -0.05) is 0 Å². The average molecular weight is 230 g/mol. The second-order valence-corrected chi connectivity index (χ2v) is 7.89. The van der Waals surface area contributed by atoms with Crippen LogP contribution in [0.3, 0.4) is 0 Å². The molecule has 0 unspecified atom stereocenters. The molecule has 0 amide bonds. The third-order valence-corrected chi connectivity index (χ3v) is 6.63. The first-order valence-electron chi connectivity index (χ1n) is 5.87. The Kier molecular flexibility index (Phi) is 3.08. The Bertz CT molecular complexity index is 320. The summed E-state index contributed by atoms with van der Waals surface area (Å²) < 4.78 is 16.2. The number of nitrogens with zero attached hydrogens (tertiary/aromatic N) is 2. The standard InChI is InChI=1S/C11H22N2OS/c1-12-15(14)9-5-11(6-10-15)3-7-13(2)8-4-11/h3-10H2,1-2H3. The van der Waals surface area contributed by atoms with Gasteiger partial charge in [0.15, 0.2) is 0 Å². The highest BCUT2D eigenvalue weighted by Crippen LogP contribution is 2.41. The molecule has 88 valence electrons. The van der Waals surface area contributed by atoms with Crippen molar-refractivity contribution in [3.63, 3.8) is 0 Å². The lowest BCUT2D eigenvalue weighted by Crippen LogP contribution is -2.42. The fourth-order valence-electron chi connectivity index (χ4n) is 2.75. The van der Waals surface area contributed by atoms with Gasteiger partial charge in [0.2, 0.25) is 0 Å². The topological polar surface area (TPSA) is 32.7 Å². The SMILES string of the molecule is CN=S1(=O)CCC2(CCN(C)CC2)CC1. The van der Waals surface area contributed by atoms with E-state index in [-0.39, 0.29) is 0 Å². The van der Waals surface area contributed by atoms with E-state index in [9.17, 15) is 4.21 Å². The highest BCUT2D eigenvalue weighted by molar-refractivity contribution is 7.93. The maximum absolute atomic E-state index is 12.1. The molecule has 1 spiro atoms. The molecule has 0 aromatic carbocycles. The molecule has 0 atom stereocenters. The maximum atomic E-state index is 12.1. The van der Waals surface area contributed by atoms with Crippen LogP contribution >= 0.6 is 0 Å². The third kappa shape index (κ3) is 2.36. The predicted octanol–water partition coefficient (Wildman–Crippen LogP) is 1.59. The third-order valence-electron chi connectivity index (χ3n) is 4.28. The first-order valence-corrected chi connectivity index (χ1v) is 7.72. The summed E-state index contributed by atoms with van der Waals surface area (Å²) in [6, 6.07) is 0. The maximum Gasteiger partial charge on any atom is 0.0465 e. The molecule has 2 fully saturated rings. The molecule has 2 aliphatic rings. The van der Waals surface area contributed by atoms with E-state index in [0.29, 0.717) is 5.41 Å². The molecular formula is C11H22N2OS. The van der Waals surface area contributed by atoms with Gasteiger partial charge in [-0.05, 0) is 51.2 Å².